The second-order valence-electron chi connectivity index (χ2n) is 4.35. The van der Waals surface area contributed by atoms with Crippen LogP contribution in [0.15, 0.2) is 58.2 Å². The molecule has 0 fully saturated rings. The van der Waals surface area contributed by atoms with Crippen LogP contribution in [-0.2, 0) is 0 Å². The Labute approximate surface area is 164 Å². The summed E-state index contributed by atoms with van der Waals surface area (Å²) in [5.41, 5.74) is 0. The van der Waals surface area contributed by atoms with Gasteiger partial charge in [0.05, 0.1) is 21.2 Å². The summed E-state index contributed by atoms with van der Waals surface area (Å²) in [5, 5.41) is 4.34. The number of allylic oxidation sites excluding steroid dienone is 4. The van der Waals surface area contributed by atoms with Gasteiger partial charge >= 0.3 is 0 Å². The molecule has 4 rings (SSSR count). The van der Waals surface area contributed by atoms with E-state index >= 15 is 0 Å². The third-order valence-electron chi connectivity index (χ3n) is 2.86. The fraction of sp³-hybridized carbons (Fsp3) is 0.143. The lowest BCUT2D eigenvalue weighted by atomic mass is 10.6. The molecule has 0 aromatic heterocycles. The second kappa shape index (κ2) is 7.23. The molecule has 4 heterocycles. The minimum Gasteiger partial charge on any atom is -0.0884 e. The number of rotatable bonds is 1. The molecule has 8 heteroatoms. The minimum atomic E-state index is 1.39. The molecule has 4 aliphatic rings. The summed E-state index contributed by atoms with van der Waals surface area (Å²) in [6.07, 6.45) is 4.55. The quantitative estimate of drug-likeness (QED) is 0.397. The van der Waals surface area contributed by atoms with Gasteiger partial charge in [-0.25, -0.2) is 0 Å². The van der Waals surface area contributed by atoms with Crippen LogP contribution in [0.5, 0.6) is 0 Å². The Morgan fingerprint density at radius 3 is 1.59 bits per heavy atom. The van der Waals surface area contributed by atoms with E-state index in [1.165, 1.54) is 35.2 Å². The molecule has 114 valence electrons. The highest BCUT2D eigenvalue weighted by Gasteiger charge is 2.32. The van der Waals surface area contributed by atoms with E-state index in [1.54, 1.807) is 0 Å². The smallest absolute Gasteiger partial charge is 0.0717 e. The highest BCUT2D eigenvalue weighted by atomic mass is 32.3. The number of hydrogen-bond donors (Lipinski definition) is 0. The number of thioether (sulfide) groups is 8. The van der Waals surface area contributed by atoms with Gasteiger partial charge in [-0.1, -0.05) is 94.1 Å². The zero-order chi connectivity index (χ0) is 15.1. The molecule has 0 bridgehead atoms. The molecule has 0 saturated heterocycles. The first-order chi connectivity index (χ1) is 10.7. The van der Waals surface area contributed by atoms with Crippen molar-refractivity contribution in [3.63, 3.8) is 0 Å². The molecule has 0 radical (unpaired) electrons. The lowest BCUT2D eigenvalue weighted by Gasteiger charge is -2.04. The van der Waals surface area contributed by atoms with E-state index in [-0.39, 0.29) is 0 Å². The van der Waals surface area contributed by atoms with Crippen LogP contribution < -0.4 is 0 Å². The third-order valence-corrected chi connectivity index (χ3v) is 13.6. The molecule has 0 aromatic carbocycles. The molecule has 0 aliphatic carbocycles. The van der Waals surface area contributed by atoms with Gasteiger partial charge in [-0.15, -0.1) is 0 Å². The molecule has 0 saturated carbocycles. The topological polar surface area (TPSA) is 0 Å². The van der Waals surface area contributed by atoms with Crippen LogP contribution in [0.4, 0.5) is 0 Å². The molecule has 0 nitrogen and oxygen atoms in total. The van der Waals surface area contributed by atoms with Crippen molar-refractivity contribution in [3.8, 4) is 0 Å². The van der Waals surface area contributed by atoms with Crippen molar-refractivity contribution in [1.29, 1.82) is 0 Å². The van der Waals surface area contributed by atoms with Crippen molar-refractivity contribution >= 4 is 94.1 Å². The fourth-order valence-electron chi connectivity index (χ4n) is 1.73. The van der Waals surface area contributed by atoms with Gasteiger partial charge in [0.15, 0.2) is 0 Å². The summed E-state index contributed by atoms with van der Waals surface area (Å²) < 4.78 is 8.62. The Morgan fingerprint density at radius 2 is 1.05 bits per heavy atom. The highest BCUT2D eigenvalue weighted by Crippen LogP contribution is 2.68. The molecule has 0 unspecified atom stereocenters. The molecular weight excluding hydrogens is 425 g/mol. The maximum Gasteiger partial charge on any atom is 0.0717 e. The molecule has 0 amide bonds. The monoisotopic (exact) mass is 434 g/mol. The van der Waals surface area contributed by atoms with Crippen molar-refractivity contribution < 1.29 is 0 Å². The van der Waals surface area contributed by atoms with Gasteiger partial charge in [0.1, 0.15) is 0 Å². The van der Waals surface area contributed by atoms with E-state index in [2.05, 4.69) is 36.8 Å². The summed E-state index contributed by atoms with van der Waals surface area (Å²) in [6, 6.07) is 0. The van der Waals surface area contributed by atoms with E-state index in [1.807, 2.05) is 94.1 Å². The van der Waals surface area contributed by atoms with Gasteiger partial charge in [-0.2, -0.15) is 0 Å². The van der Waals surface area contributed by atoms with Crippen LogP contribution in [0.3, 0.4) is 0 Å². The van der Waals surface area contributed by atoms with Crippen LogP contribution in [0.1, 0.15) is 13.8 Å². The normalized spacial score (nSPS) is 24.3. The second-order valence-corrected chi connectivity index (χ2v) is 14.4. The first kappa shape index (κ1) is 16.7. The first-order valence-electron chi connectivity index (χ1n) is 6.32. The molecule has 4 aliphatic heterocycles. The zero-order valence-electron chi connectivity index (χ0n) is 11.6. The Hall–Kier alpha value is 1.24. The van der Waals surface area contributed by atoms with Crippen LogP contribution in [0.25, 0.3) is 0 Å². The Morgan fingerprint density at radius 1 is 0.591 bits per heavy atom. The standard InChI is InChI=1S/C14H10S8/c1-7-8(2)18-9(17-7)3-4-10-19-13-14(20-10)22-12(21-13)11-15-5-6-16-11/h3-6H,1-2H3. The maximum absolute atomic E-state index is 2.28. The molecule has 22 heavy (non-hydrogen) atoms. The lowest BCUT2D eigenvalue weighted by molar-refractivity contribution is 1.57. The van der Waals surface area contributed by atoms with E-state index in [0.717, 1.165) is 0 Å². The van der Waals surface area contributed by atoms with Crippen molar-refractivity contribution in [2.24, 2.45) is 0 Å². The van der Waals surface area contributed by atoms with Crippen molar-refractivity contribution in [3.05, 3.63) is 58.2 Å². The summed E-state index contributed by atoms with van der Waals surface area (Å²) in [7, 11) is 0. The van der Waals surface area contributed by atoms with E-state index in [9.17, 15) is 0 Å². The predicted molar refractivity (Wildman–Crippen MR) is 118 cm³/mol. The van der Waals surface area contributed by atoms with E-state index in [4.69, 9.17) is 0 Å². The Bertz CT molecular complexity index is 671. The third kappa shape index (κ3) is 3.59. The van der Waals surface area contributed by atoms with E-state index < -0.39 is 0 Å². The molecule has 0 N–H and O–H groups in total. The van der Waals surface area contributed by atoms with Gasteiger partial charge in [0.2, 0.25) is 0 Å². The van der Waals surface area contributed by atoms with Crippen LogP contribution in [-0.4, -0.2) is 0 Å². The minimum absolute atomic E-state index is 1.39. The molecule has 0 spiro atoms. The van der Waals surface area contributed by atoms with Gasteiger partial charge in [0, 0.05) is 4.24 Å². The summed E-state index contributed by atoms with van der Waals surface area (Å²) in [4.78, 5) is 2.87. The average molecular weight is 435 g/mol. The molecule has 0 atom stereocenters. The highest BCUT2D eigenvalue weighted by molar-refractivity contribution is 8.49. The SMILES string of the molecule is CC1=C(C)SC(=CC=C2SC3=C(S2)SC(=C2SC=CS2)S3)S1. The van der Waals surface area contributed by atoms with Gasteiger partial charge in [-0.3, -0.25) is 0 Å². The van der Waals surface area contributed by atoms with Crippen molar-refractivity contribution in [2.45, 2.75) is 13.8 Å². The summed E-state index contributed by atoms with van der Waals surface area (Å²) in [5.74, 6) is 0. The number of hydrogen-bond acceptors (Lipinski definition) is 8. The van der Waals surface area contributed by atoms with Crippen LogP contribution in [0, 0.1) is 0 Å². The molecule has 0 aromatic rings. The van der Waals surface area contributed by atoms with Crippen molar-refractivity contribution in [2.75, 3.05) is 0 Å². The zero-order valence-corrected chi connectivity index (χ0v) is 18.1. The Balaban J connectivity index is 1.39. The summed E-state index contributed by atoms with van der Waals surface area (Å²) in [6.45, 7) is 4.40. The summed E-state index contributed by atoms with van der Waals surface area (Å²) >= 11 is 15.2. The maximum atomic E-state index is 2.28. The largest absolute Gasteiger partial charge is 0.0884 e. The molecular formula is C14H10S8. The van der Waals surface area contributed by atoms with Gasteiger partial charge < -0.3 is 0 Å². The van der Waals surface area contributed by atoms with Crippen LogP contribution in [0.2, 0.25) is 0 Å². The first-order valence-corrected chi connectivity index (χ1v) is 13.0. The van der Waals surface area contributed by atoms with Gasteiger partial charge in [-0.05, 0) is 46.6 Å². The lowest BCUT2D eigenvalue weighted by Crippen LogP contribution is -1.69. The van der Waals surface area contributed by atoms with Gasteiger partial charge in [0.25, 0.3) is 0 Å². The van der Waals surface area contributed by atoms with E-state index in [0.29, 0.717) is 0 Å². The Kier molecular flexibility index (Phi) is 5.49. The van der Waals surface area contributed by atoms with Crippen molar-refractivity contribution in [1.82, 2.24) is 0 Å². The fourth-order valence-corrected chi connectivity index (χ4v) is 12.4. The average Bonchev–Trinajstić information content (AvgIpc) is 3.21. The predicted octanol–water partition coefficient (Wildman–Crippen LogP) is 8.56. The van der Waals surface area contributed by atoms with Crippen LogP contribution >= 0.6 is 94.1 Å².